The Kier molecular flexibility index (Phi) is 4.50. The number of nitro groups is 1. The quantitative estimate of drug-likeness (QED) is 0.640. The summed E-state index contributed by atoms with van der Waals surface area (Å²) in [4.78, 5) is 24.1. The summed E-state index contributed by atoms with van der Waals surface area (Å²) in [5.41, 5.74) is 0.891. The van der Waals surface area contributed by atoms with Crippen LogP contribution in [0, 0.1) is 15.9 Å². The Hall–Kier alpha value is -2.76. The van der Waals surface area contributed by atoms with Crippen molar-refractivity contribution in [3.63, 3.8) is 0 Å². The normalized spacial score (nSPS) is 11.8. The van der Waals surface area contributed by atoms with E-state index in [1.54, 1.807) is 19.2 Å². The van der Waals surface area contributed by atoms with Crippen molar-refractivity contribution in [1.82, 2.24) is 4.90 Å². The molecule has 0 N–H and O–H groups in total. The summed E-state index contributed by atoms with van der Waals surface area (Å²) in [6, 6.07) is 11.2. The third-order valence-electron chi connectivity index (χ3n) is 3.56. The van der Waals surface area contributed by atoms with Crippen LogP contribution in [-0.2, 0) is 0 Å². The van der Waals surface area contributed by atoms with Crippen molar-refractivity contribution in [2.24, 2.45) is 0 Å². The third kappa shape index (κ3) is 3.28. The van der Waals surface area contributed by atoms with E-state index in [9.17, 15) is 19.3 Å². The minimum Gasteiger partial charge on any atom is -0.335 e. The van der Waals surface area contributed by atoms with Crippen LogP contribution in [0.25, 0.3) is 0 Å². The van der Waals surface area contributed by atoms with Gasteiger partial charge in [-0.05, 0) is 30.7 Å². The van der Waals surface area contributed by atoms with E-state index in [-0.39, 0.29) is 29.0 Å². The van der Waals surface area contributed by atoms with Crippen molar-refractivity contribution in [1.29, 1.82) is 0 Å². The molecule has 2 aromatic carbocycles. The Balaban J connectivity index is 2.23. The Morgan fingerprint density at radius 2 is 1.86 bits per heavy atom. The van der Waals surface area contributed by atoms with Crippen molar-refractivity contribution in [2.75, 3.05) is 7.05 Å². The van der Waals surface area contributed by atoms with Gasteiger partial charge in [-0.2, -0.15) is 0 Å². The number of nitro benzene ring substituents is 1. The smallest absolute Gasteiger partial charge is 0.270 e. The van der Waals surface area contributed by atoms with Gasteiger partial charge in [-0.3, -0.25) is 14.9 Å². The fourth-order valence-electron chi connectivity index (χ4n) is 2.10. The molecule has 1 atom stereocenters. The lowest BCUT2D eigenvalue weighted by Crippen LogP contribution is -2.29. The van der Waals surface area contributed by atoms with Crippen LogP contribution in [0.15, 0.2) is 48.5 Å². The summed E-state index contributed by atoms with van der Waals surface area (Å²) in [6.45, 7) is 1.81. The first-order valence-electron chi connectivity index (χ1n) is 6.67. The Bertz CT molecular complexity index is 701. The van der Waals surface area contributed by atoms with E-state index in [4.69, 9.17) is 0 Å². The molecule has 0 saturated heterocycles. The number of hydrogen-bond acceptors (Lipinski definition) is 3. The number of carbonyl (C=O) groups excluding carboxylic acids is 1. The van der Waals surface area contributed by atoms with Crippen LogP contribution in [0.3, 0.4) is 0 Å². The lowest BCUT2D eigenvalue weighted by molar-refractivity contribution is -0.384. The number of carbonyl (C=O) groups is 1. The highest BCUT2D eigenvalue weighted by Crippen LogP contribution is 2.22. The molecular weight excluding hydrogens is 287 g/mol. The summed E-state index contributed by atoms with van der Waals surface area (Å²) in [6.07, 6.45) is 0. The average molecular weight is 302 g/mol. The molecule has 2 rings (SSSR count). The topological polar surface area (TPSA) is 63.5 Å². The van der Waals surface area contributed by atoms with E-state index >= 15 is 0 Å². The molecule has 1 amide bonds. The molecule has 5 nitrogen and oxygen atoms in total. The van der Waals surface area contributed by atoms with Crippen molar-refractivity contribution in [3.05, 3.63) is 75.6 Å². The van der Waals surface area contributed by atoms with Crippen molar-refractivity contribution in [3.8, 4) is 0 Å². The first-order valence-corrected chi connectivity index (χ1v) is 6.67. The number of amides is 1. The van der Waals surface area contributed by atoms with E-state index in [1.165, 1.54) is 41.3 Å². The van der Waals surface area contributed by atoms with E-state index in [1.807, 2.05) is 6.92 Å². The van der Waals surface area contributed by atoms with Crippen LogP contribution >= 0.6 is 0 Å². The van der Waals surface area contributed by atoms with Gasteiger partial charge in [-0.25, -0.2) is 4.39 Å². The molecule has 0 heterocycles. The molecule has 22 heavy (non-hydrogen) atoms. The highest BCUT2D eigenvalue weighted by atomic mass is 19.1. The predicted octanol–water partition coefficient (Wildman–Crippen LogP) is 3.57. The standard InChI is InChI=1S/C16H15FN2O3/c1-11(12-6-8-14(17)9-7-12)18(2)16(20)13-4-3-5-15(10-13)19(21)22/h3-11H,1-2H3. The molecule has 0 aliphatic heterocycles. The number of benzene rings is 2. The molecule has 1 unspecified atom stereocenters. The molecule has 0 fully saturated rings. The van der Waals surface area contributed by atoms with Crippen LogP contribution in [-0.4, -0.2) is 22.8 Å². The highest BCUT2D eigenvalue weighted by molar-refractivity contribution is 5.94. The van der Waals surface area contributed by atoms with Crippen LogP contribution < -0.4 is 0 Å². The van der Waals surface area contributed by atoms with Crippen LogP contribution in [0.4, 0.5) is 10.1 Å². The molecule has 0 spiro atoms. The maximum absolute atomic E-state index is 13.0. The van der Waals surface area contributed by atoms with Gasteiger partial charge in [0.15, 0.2) is 0 Å². The van der Waals surface area contributed by atoms with Crippen molar-refractivity contribution < 1.29 is 14.1 Å². The van der Waals surface area contributed by atoms with E-state index in [0.29, 0.717) is 0 Å². The molecule has 2 aromatic rings. The Morgan fingerprint density at radius 1 is 1.23 bits per heavy atom. The lowest BCUT2D eigenvalue weighted by Gasteiger charge is -2.25. The lowest BCUT2D eigenvalue weighted by atomic mass is 10.1. The molecule has 0 saturated carbocycles. The van der Waals surface area contributed by atoms with Crippen molar-refractivity contribution >= 4 is 11.6 Å². The predicted molar refractivity (Wildman–Crippen MR) is 80.0 cm³/mol. The second-order valence-corrected chi connectivity index (χ2v) is 4.95. The monoisotopic (exact) mass is 302 g/mol. The van der Waals surface area contributed by atoms with E-state index < -0.39 is 4.92 Å². The van der Waals surface area contributed by atoms with Gasteiger partial charge in [0, 0.05) is 24.7 Å². The van der Waals surface area contributed by atoms with Gasteiger partial charge in [-0.15, -0.1) is 0 Å². The second kappa shape index (κ2) is 6.34. The zero-order valence-electron chi connectivity index (χ0n) is 12.2. The first kappa shape index (κ1) is 15.6. The molecule has 6 heteroatoms. The fourth-order valence-corrected chi connectivity index (χ4v) is 2.10. The molecule has 0 aromatic heterocycles. The SMILES string of the molecule is CC(c1ccc(F)cc1)N(C)C(=O)c1cccc([N+](=O)[O-])c1. The zero-order valence-corrected chi connectivity index (χ0v) is 12.2. The first-order chi connectivity index (χ1) is 10.4. The zero-order chi connectivity index (χ0) is 16.3. The molecule has 0 aliphatic rings. The number of hydrogen-bond donors (Lipinski definition) is 0. The van der Waals surface area contributed by atoms with Crippen LogP contribution in [0.2, 0.25) is 0 Å². The summed E-state index contributed by atoms with van der Waals surface area (Å²) in [5, 5.41) is 10.8. The van der Waals surface area contributed by atoms with E-state index in [2.05, 4.69) is 0 Å². The minimum atomic E-state index is -0.541. The van der Waals surface area contributed by atoms with Gasteiger partial charge < -0.3 is 4.90 Å². The summed E-state index contributed by atoms with van der Waals surface area (Å²) in [7, 11) is 1.61. The molecule has 114 valence electrons. The maximum atomic E-state index is 13.0. The molecule has 0 bridgehead atoms. The number of halogens is 1. The summed E-state index contributed by atoms with van der Waals surface area (Å²) >= 11 is 0. The fraction of sp³-hybridized carbons (Fsp3) is 0.188. The summed E-state index contributed by atoms with van der Waals surface area (Å²) < 4.78 is 13.0. The van der Waals surface area contributed by atoms with Gasteiger partial charge in [0.25, 0.3) is 11.6 Å². The number of non-ortho nitro benzene ring substituents is 1. The maximum Gasteiger partial charge on any atom is 0.270 e. The van der Waals surface area contributed by atoms with Gasteiger partial charge in [0.1, 0.15) is 5.82 Å². The van der Waals surface area contributed by atoms with Crippen molar-refractivity contribution in [2.45, 2.75) is 13.0 Å². The summed E-state index contributed by atoms with van der Waals surface area (Å²) in [5.74, 6) is -0.677. The molecule has 0 aliphatic carbocycles. The Labute approximate surface area is 127 Å². The largest absolute Gasteiger partial charge is 0.335 e. The minimum absolute atomic E-state index is 0.131. The van der Waals surface area contributed by atoms with Gasteiger partial charge >= 0.3 is 0 Å². The highest BCUT2D eigenvalue weighted by Gasteiger charge is 2.20. The van der Waals surface area contributed by atoms with Gasteiger partial charge in [-0.1, -0.05) is 18.2 Å². The van der Waals surface area contributed by atoms with E-state index in [0.717, 1.165) is 5.56 Å². The Morgan fingerprint density at radius 3 is 2.45 bits per heavy atom. The van der Waals surface area contributed by atoms with Gasteiger partial charge in [0.05, 0.1) is 11.0 Å². The van der Waals surface area contributed by atoms with Crippen LogP contribution in [0.5, 0.6) is 0 Å². The average Bonchev–Trinajstić information content (AvgIpc) is 2.53. The number of nitrogens with zero attached hydrogens (tertiary/aromatic N) is 2. The number of rotatable bonds is 4. The molecule has 0 radical (unpaired) electrons. The second-order valence-electron chi connectivity index (χ2n) is 4.95. The molecular formula is C16H15FN2O3. The van der Waals surface area contributed by atoms with Crippen LogP contribution in [0.1, 0.15) is 28.9 Å². The third-order valence-corrected chi connectivity index (χ3v) is 3.56. The van der Waals surface area contributed by atoms with Gasteiger partial charge in [0.2, 0.25) is 0 Å².